The fraction of sp³-hybridized carbons (Fsp3) is 0.150. The first-order valence-electron chi connectivity index (χ1n) is 8.62. The van der Waals surface area contributed by atoms with Crippen LogP contribution < -0.4 is 10.1 Å². The van der Waals surface area contributed by atoms with E-state index in [9.17, 15) is 4.79 Å². The molecule has 1 N–H and O–H groups in total. The number of nitrogens with zero attached hydrogens (tertiary/aromatic N) is 3. The summed E-state index contributed by atoms with van der Waals surface area (Å²) in [6.07, 6.45) is 1.43. The van der Waals surface area contributed by atoms with Gasteiger partial charge in [0.15, 0.2) is 0 Å². The lowest BCUT2D eigenvalue weighted by atomic mass is 9.92. The van der Waals surface area contributed by atoms with Crippen LogP contribution >= 0.6 is 27.5 Å². The average molecular weight is 476 g/mol. The highest BCUT2D eigenvalue weighted by molar-refractivity contribution is 9.10. The Morgan fingerprint density at radius 3 is 2.66 bits per heavy atom. The Hall–Kier alpha value is -2.84. The second-order valence-electron chi connectivity index (χ2n) is 6.23. The van der Waals surface area contributed by atoms with E-state index in [1.807, 2.05) is 30.3 Å². The number of anilines is 1. The minimum absolute atomic E-state index is 0.379. The van der Waals surface area contributed by atoms with Gasteiger partial charge in [0.2, 0.25) is 5.95 Å². The third kappa shape index (κ3) is 3.49. The molecule has 1 aromatic heterocycles. The summed E-state index contributed by atoms with van der Waals surface area (Å²) >= 11 is 9.55. The van der Waals surface area contributed by atoms with Gasteiger partial charge in [0.1, 0.15) is 18.1 Å². The van der Waals surface area contributed by atoms with Crippen molar-refractivity contribution in [1.82, 2.24) is 14.8 Å². The van der Waals surface area contributed by atoms with Gasteiger partial charge in [0.25, 0.3) is 0 Å². The molecular formula is C20H16BrClN4O3. The van der Waals surface area contributed by atoms with Crippen LogP contribution in [-0.4, -0.2) is 35.0 Å². The first-order chi connectivity index (χ1) is 14.0. The van der Waals surface area contributed by atoms with Crippen molar-refractivity contribution in [2.45, 2.75) is 6.04 Å². The van der Waals surface area contributed by atoms with Crippen molar-refractivity contribution in [3.8, 4) is 5.75 Å². The SMILES string of the molecule is COC(=O)C1=C(c2ccc(Cl)cc2)Nc2ncnn2[C@H]1c1cc(Br)ccc1OC. The molecule has 1 aliphatic rings. The number of aromatic nitrogens is 3. The van der Waals surface area contributed by atoms with Gasteiger partial charge in [-0.25, -0.2) is 9.48 Å². The molecular weight excluding hydrogens is 460 g/mol. The Labute approximate surface area is 180 Å². The van der Waals surface area contributed by atoms with Gasteiger partial charge in [-0.15, -0.1) is 0 Å². The summed E-state index contributed by atoms with van der Waals surface area (Å²) in [5.74, 6) is 0.615. The molecule has 148 valence electrons. The lowest BCUT2D eigenvalue weighted by Gasteiger charge is -2.30. The van der Waals surface area contributed by atoms with Crippen molar-refractivity contribution < 1.29 is 14.3 Å². The number of ether oxygens (including phenoxy) is 2. The van der Waals surface area contributed by atoms with Gasteiger partial charge in [-0.3, -0.25) is 0 Å². The maximum Gasteiger partial charge on any atom is 0.338 e. The molecule has 0 saturated heterocycles. The molecule has 1 atom stereocenters. The molecule has 3 aromatic rings. The van der Waals surface area contributed by atoms with Gasteiger partial charge in [-0.2, -0.15) is 10.1 Å². The Balaban J connectivity index is 2.02. The number of nitrogens with one attached hydrogen (secondary N) is 1. The standard InChI is InChI=1S/C20H16BrClN4O3/c1-28-15-8-5-12(21)9-14(15)18-16(19(27)29-2)17(11-3-6-13(22)7-4-11)25-20-23-10-24-26(18)20/h3-10,18H,1-2H3,(H,23,24,25)/t18-/m0/s1. The van der Waals surface area contributed by atoms with E-state index in [-0.39, 0.29) is 0 Å². The predicted molar refractivity (Wildman–Crippen MR) is 113 cm³/mol. The number of carbonyl (C=O) groups excluding carboxylic acids is 1. The molecule has 0 spiro atoms. The highest BCUT2D eigenvalue weighted by Crippen LogP contribution is 2.42. The van der Waals surface area contributed by atoms with Crippen molar-refractivity contribution in [3.05, 3.63) is 75.0 Å². The fourth-order valence-corrected chi connectivity index (χ4v) is 3.85. The van der Waals surface area contributed by atoms with E-state index < -0.39 is 12.0 Å². The molecule has 2 aromatic carbocycles. The molecule has 9 heteroatoms. The van der Waals surface area contributed by atoms with Crippen LogP contribution in [0.1, 0.15) is 17.2 Å². The molecule has 0 radical (unpaired) electrons. The van der Waals surface area contributed by atoms with E-state index in [1.165, 1.54) is 13.4 Å². The van der Waals surface area contributed by atoms with E-state index >= 15 is 0 Å². The van der Waals surface area contributed by atoms with Crippen LogP contribution in [-0.2, 0) is 9.53 Å². The van der Waals surface area contributed by atoms with Gasteiger partial charge in [-0.1, -0.05) is 39.7 Å². The van der Waals surface area contributed by atoms with Crippen LogP contribution in [0.15, 0.2) is 58.8 Å². The number of halogens is 2. The Bertz CT molecular complexity index is 1110. The van der Waals surface area contributed by atoms with Gasteiger partial charge in [0, 0.05) is 15.1 Å². The van der Waals surface area contributed by atoms with Crippen molar-refractivity contribution in [1.29, 1.82) is 0 Å². The molecule has 2 heterocycles. The zero-order chi connectivity index (χ0) is 20.5. The molecule has 7 nitrogen and oxygen atoms in total. The number of benzene rings is 2. The van der Waals surface area contributed by atoms with Crippen LogP contribution in [0.3, 0.4) is 0 Å². The zero-order valence-electron chi connectivity index (χ0n) is 15.5. The van der Waals surface area contributed by atoms with Crippen molar-refractivity contribution >= 4 is 45.1 Å². The topological polar surface area (TPSA) is 78.3 Å². The zero-order valence-corrected chi connectivity index (χ0v) is 17.9. The van der Waals surface area contributed by atoms with Crippen molar-refractivity contribution in [3.63, 3.8) is 0 Å². The molecule has 0 aliphatic carbocycles. The summed E-state index contributed by atoms with van der Waals surface area (Å²) in [5, 5.41) is 8.14. The molecule has 0 unspecified atom stereocenters. The van der Waals surface area contributed by atoms with Crippen LogP contribution in [0.5, 0.6) is 5.75 Å². The van der Waals surface area contributed by atoms with Crippen LogP contribution in [0, 0.1) is 0 Å². The normalized spacial score (nSPS) is 15.5. The molecule has 0 amide bonds. The van der Waals surface area contributed by atoms with E-state index in [2.05, 4.69) is 31.3 Å². The van der Waals surface area contributed by atoms with E-state index in [4.69, 9.17) is 21.1 Å². The largest absolute Gasteiger partial charge is 0.496 e. The number of methoxy groups -OCH3 is 2. The highest BCUT2D eigenvalue weighted by atomic mass is 79.9. The lowest BCUT2D eigenvalue weighted by Crippen LogP contribution is -2.29. The molecule has 0 fully saturated rings. The van der Waals surface area contributed by atoms with Crippen LogP contribution in [0.4, 0.5) is 5.95 Å². The monoisotopic (exact) mass is 474 g/mol. The summed E-state index contributed by atoms with van der Waals surface area (Å²) in [5.41, 5.74) is 2.45. The number of fused-ring (bicyclic) bond motifs is 1. The first kappa shape index (κ1) is 19.5. The molecule has 1 aliphatic heterocycles. The molecule has 0 saturated carbocycles. The third-order valence-corrected chi connectivity index (χ3v) is 5.37. The molecule has 0 bridgehead atoms. The summed E-state index contributed by atoms with van der Waals surface area (Å²) < 4.78 is 13.2. The second-order valence-corrected chi connectivity index (χ2v) is 7.58. The first-order valence-corrected chi connectivity index (χ1v) is 9.79. The fourth-order valence-electron chi connectivity index (χ4n) is 3.34. The van der Waals surface area contributed by atoms with E-state index in [1.54, 1.807) is 23.9 Å². The van der Waals surface area contributed by atoms with E-state index in [0.717, 1.165) is 15.6 Å². The van der Waals surface area contributed by atoms with Crippen LogP contribution in [0.25, 0.3) is 5.70 Å². The number of hydrogen-bond donors (Lipinski definition) is 1. The summed E-state index contributed by atoms with van der Waals surface area (Å²) in [7, 11) is 2.93. The van der Waals surface area contributed by atoms with Crippen molar-refractivity contribution in [2.75, 3.05) is 19.5 Å². The third-order valence-electron chi connectivity index (χ3n) is 4.62. The summed E-state index contributed by atoms with van der Waals surface area (Å²) in [4.78, 5) is 17.3. The minimum atomic E-state index is -0.612. The van der Waals surface area contributed by atoms with Gasteiger partial charge in [0.05, 0.1) is 25.5 Å². The van der Waals surface area contributed by atoms with Crippen LogP contribution in [0.2, 0.25) is 5.02 Å². The number of hydrogen-bond acceptors (Lipinski definition) is 6. The van der Waals surface area contributed by atoms with Crippen molar-refractivity contribution in [2.24, 2.45) is 0 Å². The smallest absolute Gasteiger partial charge is 0.338 e. The Kier molecular flexibility index (Phi) is 5.29. The van der Waals surface area contributed by atoms with Gasteiger partial charge in [-0.05, 0) is 35.9 Å². The second kappa shape index (κ2) is 7.88. The van der Waals surface area contributed by atoms with E-state index in [0.29, 0.717) is 28.0 Å². The molecule has 4 rings (SSSR count). The molecule has 29 heavy (non-hydrogen) atoms. The maximum absolute atomic E-state index is 13.0. The maximum atomic E-state index is 13.0. The minimum Gasteiger partial charge on any atom is -0.496 e. The summed E-state index contributed by atoms with van der Waals surface area (Å²) in [6, 6.07) is 12.1. The van der Waals surface area contributed by atoms with Gasteiger partial charge >= 0.3 is 5.97 Å². The Morgan fingerprint density at radius 1 is 1.21 bits per heavy atom. The number of rotatable bonds is 4. The number of esters is 1. The quantitative estimate of drug-likeness (QED) is 0.567. The van der Waals surface area contributed by atoms with Gasteiger partial charge < -0.3 is 14.8 Å². The predicted octanol–water partition coefficient (Wildman–Crippen LogP) is 4.30. The Morgan fingerprint density at radius 2 is 1.97 bits per heavy atom. The average Bonchev–Trinajstić information content (AvgIpc) is 3.20. The number of carbonyl (C=O) groups is 1. The highest BCUT2D eigenvalue weighted by Gasteiger charge is 2.37. The lowest BCUT2D eigenvalue weighted by molar-refractivity contribution is -0.136. The summed E-state index contributed by atoms with van der Waals surface area (Å²) in [6.45, 7) is 0.